The van der Waals surface area contributed by atoms with Crippen LogP contribution in [0.15, 0.2) is 18.2 Å². The van der Waals surface area contributed by atoms with Crippen LogP contribution in [0.4, 0.5) is 0 Å². The molecular formula is C14H23NO. The minimum Gasteiger partial charge on any atom is -0.496 e. The standard InChI is InChI=1S/C14H23NO/c1-5-6-9-15-12(3)13-7-8-14(16-4)11(2)10-13/h7-8,10,12,15H,5-6,9H2,1-4H3. The lowest BCUT2D eigenvalue weighted by Crippen LogP contribution is -2.19. The van der Waals surface area contributed by atoms with Gasteiger partial charge in [-0.1, -0.05) is 25.5 Å². The summed E-state index contributed by atoms with van der Waals surface area (Å²) in [5.41, 5.74) is 2.53. The summed E-state index contributed by atoms with van der Waals surface area (Å²) in [7, 11) is 1.71. The van der Waals surface area contributed by atoms with Crippen LogP contribution in [0.3, 0.4) is 0 Å². The molecule has 0 fully saturated rings. The van der Waals surface area contributed by atoms with E-state index in [-0.39, 0.29) is 0 Å². The van der Waals surface area contributed by atoms with Gasteiger partial charge in [0.2, 0.25) is 0 Å². The van der Waals surface area contributed by atoms with Crippen LogP contribution < -0.4 is 10.1 Å². The van der Waals surface area contributed by atoms with Crippen molar-refractivity contribution in [2.24, 2.45) is 0 Å². The smallest absolute Gasteiger partial charge is 0.121 e. The van der Waals surface area contributed by atoms with Gasteiger partial charge in [-0.3, -0.25) is 0 Å². The Kier molecular flexibility index (Phi) is 5.33. The highest BCUT2D eigenvalue weighted by molar-refractivity contribution is 5.37. The summed E-state index contributed by atoms with van der Waals surface area (Å²) in [6, 6.07) is 6.79. The molecule has 0 aliphatic carbocycles. The Morgan fingerprint density at radius 2 is 2.12 bits per heavy atom. The third-order valence-corrected chi connectivity index (χ3v) is 2.90. The molecule has 1 unspecified atom stereocenters. The molecule has 1 aromatic rings. The summed E-state index contributed by atoms with van der Waals surface area (Å²) < 4.78 is 5.26. The van der Waals surface area contributed by atoms with Gasteiger partial charge in [0.1, 0.15) is 5.75 Å². The lowest BCUT2D eigenvalue weighted by molar-refractivity contribution is 0.411. The van der Waals surface area contributed by atoms with E-state index >= 15 is 0 Å². The molecule has 0 heterocycles. The molecule has 0 saturated carbocycles. The van der Waals surface area contributed by atoms with Gasteiger partial charge in [0.15, 0.2) is 0 Å². The summed E-state index contributed by atoms with van der Waals surface area (Å²) in [6.45, 7) is 7.59. The van der Waals surface area contributed by atoms with Crippen LogP contribution in [0.5, 0.6) is 5.75 Å². The highest BCUT2D eigenvalue weighted by Gasteiger charge is 2.06. The molecule has 0 saturated heterocycles. The molecule has 0 amide bonds. The third kappa shape index (κ3) is 3.53. The number of hydrogen-bond acceptors (Lipinski definition) is 2. The van der Waals surface area contributed by atoms with Crippen molar-refractivity contribution in [3.8, 4) is 5.75 Å². The first-order valence-corrected chi connectivity index (χ1v) is 6.07. The van der Waals surface area contributed by atoms with Crippen molar-refractivity contribution >= 4 is 0 Å². The summed E-state index contributed by atoms with van der Waals surface area (Å²) in [4.78, 5) is 0. The Bertz CT molecular complexity index is 323. The lowest BCUT2D eigenvalue weighted by Gasteiger charge is -2.15. The summed E-state index contributed by atoms with van der Waals surface area (Å²) in [5, 5.41) is 3.52. The average molecular weight is 221 g/mol. The van der Waals surface area contributed by atoms with Crippen molar-refractivity contribution in [1.82, 2.24) is 5.32 Å². The number of rotatable bonds is 6. The van der Waals surface area contributed by atoms with Crippen LogP contribution in [0.2, 0.25) is 0 Å². The van der Waals surface area contributed by atoms with E-state index < -0.39 is 0 Å². The Balaban J connectivity index is 2.62. The zero-order chi connectivity index (χ0) is 12.0. The highest BCUT2D eigenvalue weighted by atomic mass is 16.5. The minimum absolute atomic E-state index is 0.413. The van der Waals surface area contributed by atoms with E-state index in [1.807, 2.05) is 6.07 Å². The minimum atomic E-state index is 0.413. The second-order valence-electron chi connectivity index (χ2n) is 4.26. The fourth-order valence-electron chi connectivity index (χ4n) is 1.78. The van der Waals surface area contributed by atoms with E-state index in [0.717, 1.165) is 12.3 Å². The molecule has 16 heavy (non-hydrogen) atoms. The van der Waals surface area contributed by atoms with E-state index in [2.05, 4.69) is 38.2 Å². The molecule has 1 N–H and O–H groups in total. The zero-order valence-electron chi connectivity index (χ0n) is 10.8. The van der Waals surface area contributed by atoms with Crippen molar-refractivity contribution in [2.75, 3.05) is 13.7 Å². The zero-order valence-corrected chi connectivity index (χ0v) is 10.8. The number of hydrogen-bond donors (Lipinski definition) is 1. The number of unbranched alkanes of at least 4 members (excludes halogenated alkanes) is 1. The SMILES string of the molecule is CCCCNC(C)c1ccc(OC)c(C)c1. The molecule has 2 heteroatoms. The molecule has 0 radical (unpaired) electrons. The van der Waals surface area contributed by atoms with Gasteiger partial charge in [-0.2, -0.15) is 0 Å². The van der Waals surface area contributed by atoms with Gasteiger partial charge in [0.25, 0.3) is 0 Å². The number of benzene rings is 1. The predicted molar refractivity (Wildman–Crippen MR) is 69.1 cm³/mol. The Morgan fingerprint density at radius 3 is 2.69 bits per heavy atom. The van der Waals surface area contributed by atoms with Gasteiger partial charge in [0.05, 0.1) is 7.11 Å². The maximum Gasteiger partial charge on any atom is 0.121 e. The fraction of sp³-hybridized carbons (Fsp3) is 0.571. The number of aryl methyl sites for hydroxylation is 1. The molecule has 2 nitrogen and oxygen atoms in total. The first-order valence-electron chi connectivity index (χ1n) is 6.07. The number of ether oxygens (including phenoxy) is 1. The first-order chi connectivity index (χ1) is 7.69. The number of nitrogens with one attached hydrogen (secondary N) is 1. The molecule has 90 valence electrons. The maximum atomic E-state index is 5.26. The fourth-order valence-corrected chi connectivity index (χ4v) is 1.78. The monoisotopic (exact) mass is 221 g/mol. The molecule has 1 atom stereocenters. The normalized spacial score (nSPS) is 12.5. The van der Waals surface area contributed by atoms with Gasteiger partial charge in [-0.25, -0.2) is 0 Å². The second-order valence-corrected chi connectivity index (χ2v) is 4.26. The second kappa shape index (κ2) is 6.54. The topological polar surface area (TPSA) is 21.3 Å². The van der Waals surface area contributed by atoms with Gasteiger partial charge in [0, 0.05) is 6.04 Å². The summed E-state index contributed by atoms with van der Waals surface area (Å²) in [6.07, 6.45) is 2.47. The predicted octanol–water partition coefficient (Wildman–Crippen LogP) is 3.45. The average Bonchev–Trinajstić information content (AvgIpc) is 2.29. The van der Waals surface area contributed by atoms with Crippen molar-refractivity contribution in [1.29, 1.82) is 0 Å². The lowest BCUT2D eigenvalue weighted by atomic mass is 10.0. The Morgan fingerprint density at radius 1 is 1.38 bits per heavy atom. The maximum absolute atomic E-state index is 5.26. The Hall–Kier alpha value is -1.02. The largest absolute Gasteiger partial charge is 0.496 e. The van der Waals surface area contributed by atoms with Crippen LogP contribution in [0, 0.1) is 6.92 Å². The van der Waals surface area contributed by atoms with E-state index in [4.69, 9.17) is 4.74 Å². The first kappa shape index (κ1) is 13.0. The highest BCUT2D eigenvalue weighted by Crippen LogP contribution is 2.22. The molecule has 0 aliphatic heterocycles. The number of methoxy groups -OCH3 is 1. The van der Waals surface area contributed by atoms with Gasteiger partial charge >= 0.3 is 0 Å². The van der Waals surface area contributed by atoms with Crippen molar-refractivity contribution in [2.45, 2.75) is 39.7 Å². The summed E-state index contributed by atoms with van der Waals surface area (Å²) >= 11 is 0. The molecule has 0 aromatic heterocycles. The van der Waals surface area contributed by atoms with Crippen LogP contribution in [-0.2, 0) is 0 Å². The van der Waals surface area contributed by atoms with Crippen molar-refractivity contribution in [3.05, 3.63) is 29.3 Å². The molecule has 1 rings (SSSR count). The van der Waals surface area contributed by atoms with E-state index in [0.29, 0.717) is 6.04 Å². The van der Waals surface area contributed by atoms with Gasteiger partial charge in [-0.05, 0) is 44.0 Å². The quantitative estimate of drug-likeness (QED) is 0.743. The molecule has 0 bridgehead atoms. The van der Waals surface area contributed by atoms with Crippen molar-refractivity contribution in [3.63, 3.8) is 0 Å². The van der Waals surface area contributed by atoms with Crippen LogP contribution in [-0.4, -0.2) is 13.7 Å². The van der Waals surface area contributed by atoms with Crippen molar-refractivity contribution < 1.29 is 4.74 Å². The van der Waals surface area contributed by atoms with Gasteiger partial charge in [-0.15, -0.1) is 0 Å². The van der Waals surface area contributed by atoms with Crippen LogP contribution in [0.1, 0.15) is 43.9 Å². The van der Waals surface area contributed by atoms with Crippen LogP contribution in [0.25, 0.3) is 0 Å². The third-order valence-electron chi connectivity index (χ3n) is 2.90. The molecule has 1 aromatic carbocycles. The molecule has 0 spiro atoms. The van der Waals surface area contributed by atoms with Crippen LogP contribution >= 0.6 is 0 Å². The van der Waals surface area contributed by atoms with E-state index in [1.54, 1.807) is 7.11 Å². The molecular weight excluding hydrogens is 198 g/mol. The van der Waals surface area contributed by atoms with E-state index in [1.165, 1.54) is 24.0 Å². The molecule has 0 aliphatic rings. The van der Waals surface area contributed by atoms with Gasteiger partial charge < -0.3 is 10.1 Å². The Labute approximate surface area is 99.0 Å². The summed E-state index contributed by atoms with van der Waals surface area (Å²) in [5.74, 6) is 0.963. The van der Waals surface area contributed by atoms with E-state index in [9.17, 15) is 0 Å².